The Morgan fingerprint density at radius 1 is 1.30 bits per heavy atom. The fourth-order valence-electron chi connectivity index (χ4n) is 3.22. The second-order valence-corrected chi connectivity index (χ2v) is 6.60. The molecule has 1 amide bonds. The molecule has 4 heteroatoms. The topological polar surface area (TPSA) is 50.4 Å². The highest BCUT2D eigenvalue weighted by atomic mass is 16.5. The molecule has 1 aliphatic carbocycles. The Balaban J connectivity index is 2.48. The van der Waals surface area contributed by atoms with Crippen molar-refractivity contribution in [2.75, 3.05) is 20.3 Å². The second kappa shape index (κ2) is 8.63. The summed E-state index contributed by atoms with van der Waals surface area (Å²) < 4.78 is 4.95. The molecule has 20 heavy (non-hydrogen) atoms. The molecule has 1 aliphatic rings. The van der Waals surface area contributed by atoms with Gasteiger partial charge in [0.1, 0.15) is 0 Å². The number of rotatable bonds is 7. The lowest BCUT2D eigenvalue weighted by atomic mass is 9.74. The van der Waals surface area contributed by atoms with E-state index in [1.54, 1.807) is 7.11 Å². The van der Waals surface area contributed by atoms with E-state index >= 15 is 0 Å². The lowest BCUT2D eigenvalue weighted by Gasteiger charge is -2.39. The predicted molar refractivity (Wildman–Crippen MR) is 82.6 cm³/mol. The zero-order chi connectivity index (χ0) is 15.1. The summed E-state index contributed by atoms with van der Waals surface area (Å²) >= 11 is 0. The van der Waals surface area contributed by atoms with E-state index in [4.69, 9.17) is 4.74 Å². The summed E-state index contributed by atoms with van der Waals surface area (Å²) in [5.74, 6) is 2.18. The van der Waals surface area contributed by atoms with Crippen LogP contribution in [0.1, 0.15) is 47.0 Å². The minimum atomic E-state index is -0.136. The second-order valence-electron chi connectivity index (χ2n) is 6.60. The van der Waals surface area contributed by atoms with Crippen LogP contribution < -0.4 is 10.6 Å². The van der Waals surface area contributed by atoms with Gasteiger partial charge in [0.25, 0.3) is 0 Å². The van der Waals surface area contributed by atoms with Crippen molar-refractivity contribution in [1.82, 2.24) is 10.6 Å². The Labute approximate surface area is 124 Å². The van der Waals surface area contributed by atoms with E-state index in [2.05, 4.69) is 31.4 Å². The lowest BCUT2D eigenvalue weighted by molar-refractivity contribution is -0.123. The normalized spacial score (nSPS) is 28.4. The van der Waals surface area contributed by atoms with E-state index in [9.17, 15) is 4.79 Å². The number of amides is 1. The predicted octanol–water partition coefficient (Wildman–Crippen LogP) is 2.19. The number of carbonyl (C=O) groups excluding carboxylic acids is 1. The third-order valence-corrected chi connectivity index (χ3v) is 4.49. The Morgan fingerprint density at radius 3 is 2.60 bits per heavy atom. The number of ether oxygens (including phenoxy) is 1. The summed E-state index contributed by atoms with van der Waals surface area (Å²) in [6, 6.07) is 0.324. The summed E-state index contributed by atoms with van der Waals surface area (Å²) in [4.78, 5) is 12.0. The van der Waals surface area contributed by atoms with Crippen LogP contribution in [0, 0.1) is 17.8 Å². The minimum absolute atomic E-state index is 0.0720. The van der Waals surface area contributed by atoms with Crippen LogP contribution in [-0.4, -0.2) is 38.3 Å². The first-order valence-electron chi connectivity index (χ1n) is 7.98. The maximum Gasteiger partial charge on any atom is 0.236 e. The van der Waals surface area contributed by atoms with Gasteiger partial charge in [-0.1, -0.05) is 27.2 Å². The number of methoxy groups -OCH3 is 1. The molecule has 4 unspecified atom stereocenters. The molecular formula is C16H32N2O2. The van der Waals surface area contributed by atoms with Crippen molar-refractivity contribution < 1.29 is 9.53 Å². The van der Waals surface area contributed by atoms with Crippen LogP contribution in [0.3, 0.4) is 0 Å². The zero-order valence-corrected chi connectivity index (χ0v) is 13.7. The van der Waals surface area contributed by atoms with E-state index in [0.29, 0.717) is 31.0 Å². The molecule has 0 aromatic rings. The Kier molecular flexibility index (Phi) is 7.52. The summed E-state index contributed by atoms with van der Waals surface area (Å²) in [5.41, 5.74) is 0. The van der Waals surface area contributed by atoms with Crippen molar-refractivity contribution in [3.8, 4) is 0 Å². The van der Waals surface area contributed by atoms with Crippen LogP contribution in [0.25, 0.3) is 0 Å². The van der Waals surface area contributed by atoms with Crippen LogP contribution in [0.15, 0.2) is 0 Å². The van der Waals surface area contributed by atoms with Gasteiger partial charge in [-0.05, 0) is 37.5 Å². The van der Waals surface area contributed by atoms with Gasteiger partial charge in [-0.2, -0.15) is 0 Å². The molecule has 0 heterocycles. The molecule has 0 bridgehead atoms. The molecular weight excluding hydrogens is 252 g/mol. The first-order valence-corrected chi connectivity index (χ1v) is 7.98. The zero-order valence-electron chi connectivity index (χ0n) is 13.7. The quantitative estimate of drug-likeness (QED) is 0.705. The highest BCUT2D eigenvalue weighted by Gasteiger charge is 2.32. The van der Waals surface area contributed by atoms with Crippen LogP contribution in [0.2, 0.25) is 0 Å². The van der Waals surface area contributed by atoms with Gasteiger partial charge in [0, 0.05) is 19.7 Å². The number of hydrogen-bond donors (Lipinski definition) is 2. The number of carbonyl (C=O) groups is 1. The first kappa shape index (κ1) is 17.4. The Bertz CT molecular complexity index is 294. The molecule has 2 N–H and O–H groups in total. The maximum absolute atomic E-state index is 12.0. The average Bonchev–Trinajstić information content (AvgIpc) is 2.38. The number of hydrogen-bond acceptors (Lipinski definition) is 3. The third-order valence-electron chi connectivity index (χ3n) is 4.49. The molecule has 0 aromatic carbocycles. The standard InChI is InChI=1S/C16H32N2O2/c1-11(2)14-7-6-12(3)10-15(14)18-13(4)16(19)17-8-9-20-5/h11-15,18H,6-10H2,1-5H3,(H,17,19). The van der Waals surface area contributed by atoms with Crippen molar-refractivity contribution in [3.05, 3.63) is 0 Å². The molecule has 4 atom stereocenters. The molecule has 0 aliphatic heterocycles. The smallest absolute Gasteiger partial charge is 0.236 e. The van der Waals surface area contributed by atoms with Crippen molar-refractivity contribution in [2.45, 2.75) is 59.0 Å². The van der Waals surface area contributed by atoms with Crippen LogP contribution in [-0.2, 0) is 9.53 Å². The molecule has 1 saturated carbocycles. The summed E-state index contributed by atoms with van der Waals surface area (Å²) in [5, 5.41) is 6.46. The summed E-state index contributed by atoms with van der Waals surface area (Å²) in [6.07, 6.45) is 3.77. The van der Waals surface area contributed by atoms with Crippen molar-refractivity contribution >= 4 is 5.91 Å². The van der Waals surface area contributed by atoms with Crippen molar-refractivity contribution in [1.29, 1.82) is 0 Å². The largest absolute Gasteiger partial charge is 0.383 e. The Hall–Kier alpha value is -0.610. The number of nitrogens with one attached hydrogen (secondary N) is 2. The first-order chi connectivity index (χ1) is 9.45. The van der Waals surface area contributed by atoms with Gasteiger partial charge in [-0.25, -0.2) is 0 Å². The fourth-order valence-corrected chi connectivity index (χ4v) is 3.22. The lowest BCUT2D eigenvalue weighted by Crippen LogP contribution is -2.52. The SMILES string of the molecule is COCCNC(=O)C(C)NC1CC(C)CCC1C(C)C. The molecule has 0 aromatic heterocycles. The van der Waals surface area contributed by atoms with Gasteiger partial charge in [-0.3, -0.25) is 4.79 Å². The molecule has 118 valence electrons. The molecule has 0 spiro atoms. The van der Waals surface area contributed by atoms with Crippen molar-refractivity contribution in [2.24, 2.45) is 17.8 Å². The monoisotopic (exact) mass is 284 g/mol. The fraction of sp³-hybridized carbons (Fsp3) is 0.938. The van der Waals surface area contributed by atoms with Gasteiger partial charge in [0.2, 0.25) is 5.91 Å². The van der Waals surface area contributed by atoms with Gasteiger partial charge >= 0.3 is 0 Å². The van der Waals surface area contributed by atoms with Crippen LogP contribution in [0.4, 0.5) is 0 Å². The Morgan fingerprint density at radius 2 is 2.00 bits per heavy atom. The molecule has 0 saturated heterocycles. The van der Waals surface area contributed by atoms with E-state index in [0.717, 1.165) is 5.92 Å². The molecule has 1 fully saturated rings. The van der Waals surface area contributed by atoms with E-state index in [1.165, 1.54) is 19.3 Å². The summed E-state index contributed by atoms with van der Waals surface area (Å²) in [7, 11) is 1.64. The van der Waals surface area contributed by atoms with Gasteiger partial charge < -0.3 is 15.4 Å². The minimum Gasteiger partial charge on any atom is -0.383 e. The van der Waals surface area contributed by atoms with E-state index in [-0.39, 0.29) is 11.9 Å². The van der Waals surface area contributed by atoms with E-state index in [1.807, 2.05) is 6.92 Å². The average molecular weight is 284 g/mol. The van der Waals surface area contributed by atoms with Gasteiger partial charge in [0.15, 0.2) is 0 Å². The highest BCUT2D eigenvalue weighted by molar-refractivity contribution is 5.81. The van der Waals surface area contributed by atoms with Gasteiger partial charge in [-0.15, -0.1) is 0 Å². The molecule has 4 nitrogen and oxygen atoms in total. The van der Waals surface area contributed by atoms with E-state index < -0.39 is 0 Å². The third kappa shape index (κ3) is 5.41. The summed E-state index contributed by atoms with van der Waals surface area (Å²) in [6.45, 7) is 9.99. The maximum atomic E-state index is 12.0. The van der Waals surface area contributed by atoms with Crippen LogP contribution in [0.5, 0.6) is 0 Å². The molecule has 1 rings (SSSR count). The van der Waals surface area contributed by atoms with Crippen molar-refractivity contribution in [3.63, 3.8) is 0 Å². The highest BCUT2D eigenvalue weighted by Crippen LogP contribution is 2.33. The van der Waals surface area contributed by atoms with Gasteiger partial charge in [0.05, 0.1) is 12.6 Å². The molecule has 0 radical (unpaired) electrons. The van der Waals surface area contributed by atoms with Crippen LogP contribution >= 0.6 is 0 Å².